The van der Waals surface area contributed by atoms with Crippen molar-refractivity contribution >= 4 is 40.2 Å². The molecule has 0 fully saturated rings. The first-order valence-corrected chi connectivity index (χ1v) is 9.34. The van der Waals surface area contributed by atoms with E-state index in [4.69, 9.17) is 28.3 Å². The molecule has 1 heterocycles. The molecule has 0 bridgehead atoms. The van der Waals surface area contributed by atoms with Gasteiger partial charge in [-0.05, 0) is 42.2 Å². The van der Waals surface area contributed by atoms with Crippen molar-refractivity contribution in [3.63, 3.8) is 0 Å². The van der Waals surface area contributed by atoms with Crippen LogP contribution in [0.4, 0.5) is 0 Å². The fourth-order valence-corrected chi connectivity index (χ4v) is 3.42. The van der Waals surface area contributed by atoms with E-state index in [2.05, 4.69) is 16.5 Å². The zero-order chi connectivity index (χ0) is 18.8. The van der Waals surface area contributed by atoms with Crippen LogP contribution in [0.3, 0.4) is 0 Å². The zero-order valence-corrected chi connectivity index (χ0v) is 16.2. The number of carbonyl (C=O) groups is 1. The summed E-state index contributed by atoms with van der Waals surface area (Å²) >= 11 is 12.3. The molecular formula is C20H20Cl2N2O2. The lowest BCUT2D eigenvalue weighted by molar-refractivity contribution is -0.137. The Bertz CT molecular complexity index is 949. The molecule has 26 heavy (non-hydrogen) atoms. The Labute approximate surface area is 162 Å². The van der Waals surface area contributed by atoms with Crippen LogP contribution < -0.4 is 0 Å². The van der Waals surface area contributed by atoms with E-state index in [1.807, 2.05) is 37.3 Å². The summed E-state index contributed by atoms with van der Waals surface area (Å²) in [7, 11) is 0. The molecule has 0 aliphatic carbocycles. The van der Waals surface area contributed by atoms with Crippen LogP contribution in [0, 0.1) is 0 Å². The third kappa shape index (κ3) is 3.71. The number of benzene rings is 2. The molecule has 1 aromatic heterocycles. The van der Waals surface area contributed by atoms with Crippen LogP contribution in [0.2, 0.25) is 10.0 Å². The van der Waals surface area contributed by atoms with Crippen LogP contribution in [-0.2, 0) is 11.2 Å². The van der Waals surface area contributed by atoms with Gasteiger partial charge in [-0.2, -0.15) is 0 Å². The van der Waals surface area contributed by atoms with Crippen LogP contribution in [0.15, 0.2) is 36.4 Å². The third-order valence-electron chi connectivity index (χ3n) is 4.59. The molecule has 0 saturated carbocycles. The minimum atomic E-state index is -0.763. The topological polar surface area (TPSA) is 55.1 Å². The van der Waals surface area contributed by atoms with Gasteiger partial charge in [0, 0.05) is 18.5 Å². The Hall–Kier alpha value is -2.04. The standard InChI is InChI=1S/C20H20Cl2N2O2/c1-3-19-23-17-10-15(21)16(22)11-18(17)24(19)14-7-5-13(6-8-14)12(2)4-9-20(25)26/h5-8,10-12H,3-4,9H2,1-2H3,(H,25,26). The lowest BCUT2D eigenvalue weighted by Crippen LogP contribution is -2.02. The normalized spacial score (nSPS) is 12.5. The predicted molar refractivity (Wildman–Crippen MR) is 106 cm³/mol. The highest BCUT2D eigenvalue weighted by molar-refractivity contribution is 6.42. The number of rotatable bonds is 6. The van der Waals surface area contributed by atoms with Crippen LogP contribution in [-0.4, -0.2) is 20.6 Å². The van der Waals surface area contributed by atoms with Gasteiger partial charge in [0.1, 0.15) is 5.82 Å². The molecule has 4 nitrogen and oxygen atoms in total. The van der Waals surface area contributed by atoms with Crippen molar-refractivity contribution in [3.8, 4) is 5.69 Å². The van der Waals surface area contributed by atoms with Crippen molar-refractivity contribution in [1.82, 2.24) is 9.55 Å². The number of imidazole rings is 1. The first-order valence-electron chi connectivity index (χ1n) is 8.59. The lowest BCUT2D eigenvalue weighted by Gasteiger charge is -2.13. The number of nitrogens with zero attached hydrogens (tertiary/aromatic N) is 2. The highest BCUT2D eigenvalue weighted by Crippen LogP contribution is 2.31. The first kappa shape index (κ1) is 18.7. The molecule has 0 amide bonds. The second-order valence-electron chi connectivity index (χ2n) is 6.40. The van der Waals surface area contributed by atoms with Crippen molar-refractivity contribution in [2.45, 2.75) is 39.0 Å². The van der Waals surface area contributed by atoms with Crippen molar-refractivity contribution in [1.29, 1.82) is 0 Å². The molecule has 6 heteroatoms. The van der Waals surface area contributed by atoms with Crippen molar-refractivity contribution in [2.75, 3.05) is 0 Å². The quantitative estimate of drug-likeness (QED) is 0.572. The maximum absolute atomic E-state index is 10.8. The van der Waals surface area contributed by atoms with Gasteiger partial charge in [0.2, 0.25) is 0 Å². The number of aromatic nitrogens is 2. The van der Waals surface area contributed by atoms with E-state index in [0.29, 0.717) is 16.5 Å². The van der Waals surface area contributed by atoms with E-state index >= 15 is 0 Å². The molecule has 0 saturated heterocycles. The summed E-state index contributed by atoms with van der Waals surface area (Å²) < 4.78 is 2.09. The molecule has 0 spiro atoms. The van der Waals surface area contributed by atoms with E-state index in [-0.39, 0.29) is 12.3 Å². The van der Waals surface area contributed by atoms with Crippen LogP contribution in [0.25, 0.3) is 16.7 Å². The Kier molecular flexibility index (Phi) is 5.54. The monoisotopic (exact) mass is 390 g/mol. The Morgan fingerprint density at radius 2 is 1.85 bits per heavy atom. The third-order valence-corrected chi connectivity index (χ3v) is 5.32. The number of aliphatic carboxylic acids is 1. The lowest BCUT2D eigenvalue weighted by atomic mass is 9.96. The summed E-state index contributed by atoms with van der Waals surface area (Å²) in [5.74, 6) is 0.366. The summed E-state index contributed by atoms with van der Waals surface area (Å²) in [5, 5.41) is 9.84. The van der Waals surface area contributed by atoms with Gasteiger partial charge in [0.05, 0.1) is 21.1 Å². The fourth-order valence-electron chi connectivity index (χ4n) is 3.11. The molecule has 1 N–H and O–H groups in total. The minimum absolute atomic E-state index is 0.175. The highest BCUT2D eigenvalue weighted by Gasteiger charge is 2.14. The number of halogens is 2. The molecule has 3 aromatic rings. The summed E-state index contributed by atoms with van der Waals surface area (Å²) in [6.45, 7) is 4.10. The van der Waals surface area contributed by atoms with Gasteiger partial charge in [0.25, 0.3) is 0 Å². The van der Waals surface area contributed by atoms with Gasteiger partial charge in [-0.1, -0.05) is 49.2 Å². The average molecular weight is 391 g/mol. The summed E-state index contributed by atoms with van der Waals surface area (Å²) in [5.41, 5.74) is 3.86. The average Bonchev–Trinajstić information content (AvgIpc) is 2.97. The van der Waals surface area contributed by atoms with E-state index in [9.17, 15) is 4.79 Å². The number of hydrogen-bond donors (Lipinski definition) is 1. The molecule has 0 aliphatic rings. The van der Waals surface area contributed by atoms with E-state index in [1.165, 1.54) is 0 Å². The number of carboxylic acids is 1. The Morgan fingerprint density at radius 1 is 1.19 bits per heavy atom. The second-order valence-corrected chi connectivity index (χ2v) is 7.21. The first-order chi connectivity index (χ1) is 12.4. The smallest absolute Gasteiger partial charge is 0.303 e. The summed E-state index contributed by atoms with van der Waals surface area (Å²) in [6.07, 6.45) is 1.58. The molecule has 2 aromatic carbocycles. The van der Waals surface area contributed by atoms with Gasteiger partial charge in [-0.3, -0.25) is 9.36 Å². The summed E-state index contributed by atoms with van der Waals surface area (Å²) in [4.78, 5) is 15.4. The van der Waals surface area contributed by atoms with E-state index < -0.39 is 5.97 Å². The molecule has 1 atom stereocenters. The molecule has 1 unspecified atom stereocenters. The molecule has 136 valence electrons. The number of aryl methyl sites for hydroxylation is 1. The van der Waals surface area contributed by atoms with Crippen molar-refractivity contribution in [2.24, 2.45) is 0 Å². The number of fused-ring (bicyclic) bond motifs is 1. The van der Waals surface area contributed by atoms with Gasteiger partial charge < -0.3 is 5.11 Å². The minimum Gasteiger partial charge on any atom is -0.481 e. The Balaban J connectivity index is 1.98. The van der Waals surface area contributed by atoms with Crippen LogP contribution >= 0.6 is 23.2 Å². The van der Waals surface area contributed by atoms with Gasteiger partial charge in [-0.15, -0.1) is 0 Å². The molecule has 3 rings (SSSR count). The van der Waals surface area contributed by atoms with E-state index in [1.54, 1.807) is 6.07 Å². The Morgan fingerprint density at radius 3 is 2.46 bits per heavy atom. The van der Waals surface area contributed by atoms with Crippen molar-refractivity contribution < 1.29 is 9.90 Å². The number of carboxylic acid groups (broad SMARTS) is 1. The van der Waals surface area contributed by atoms with Gasteiger partial charge >= 0.3 is 5.97 Å². The zero-order valence-electron chi connectivity index (χ0n) is 14.7. The van der Waals surface area contributed by atoms with Crippen LogP contribution in [0.1, 0.15) is 44.0 Å². The molecular weight excluding hydrogens is 371 g/mol. The molecule has 0 aliphatic heterocycles. The maximum atomic E-state index is 10.8. The van der Waals surface area contributed by atoms with E-state index in [0.717, 1.165) is 34.5 Å². The predicted octanol–water partition coefficient (Wildman–Crippen LogP) is 5.86. The SMILES string of the molecule is CCc1nc2cc(Cl)c(Cl)cc2n1-c1ccc(C(C)CCC(=O)O)cc1. The number of hydrogen-bond acceptors (Lipinski definition) is 2. The van der Waals surface area contributed by atoms with Crippen LogP contribution in [0.5, 0.6) is 0 Å². The fraction of sp³-hybridized carbons (Fsp3) is 0.300. The van der Waals surface area contributed by atoms with Gasteiger partial charge in [-0.25, -0.2) is 4.98 Å². The maximum Gasteiger partial charge on any atom is 0.303 e. The second kappa shape index (κ2) is 7.68. The van der Waals surface area contributed by atoms with Crippen molar-refractivity contribution in [3.05, 3.63) is 57.8 Å². The summed E-state index contributed by atoms with van der Waals surface area (Å²) in [6, 6.07) is 11.8. The molecule has 0 radical (unpaired) electrons. The van der Waals surface area contributed by atoms with Gasteiger partial charge in [0.15, 0.2) is 0 Å². The largest absolute Gasteiger partial charge is 0.481 e. The highest BCUT2D eigenvalue weighted by atomic mass is 35.5.